The molecule has 4 heteroatoms. The van der Waals surface area contributed by atoms with Crippen LogP contribution in [-0.2, 0) is 0 Å². The standard InChI is InChI=1S/C13H13FN2O/c1-9(15)13-11(14)5-2-6-12(13)17-10-4-3-7-16-8-10/h2-9H,15H2,1H3. The smallest absolute Gasteiger partial charge is 0.145 e. The normalized spacial score (nSPS) is 12.2. The van der Waals surface area contributed by atoms with Gasteiger partial charge in [0.1, 0.15) is 17.3 Å². The van der Waals surface area contributed by atoms with Crippen molar-refractivity contribution in [3.05, 3.63) is 54.1 Å². The molecule has 0 amide bonds. The lowest BCUT2D eigenvalue weighted by Crippen LogP contribution is -2.09. The Hall–Kier alpha value is -1.94. The molecule has 0 aliphatic carbocycles. The summed E-state index contributed by atoms with van der Waals surface area (Å²) >= 11 is 0. The van der Waals surface area contributed by atoms with Crippen LogP contribution in [0.2, 0.25) is 0 Å². The number of hydrogen-bond acceptors (Lipinski definition) is 3. The highest BCUT2D eigenvalue weighted by molar-refractivity contribution is 5.39. The van der Waals surface area contributed by atoms with E-state index in [4.69, 9.17) is 10.5 Å². The number of nitrogens with two attached hydrogens (primary N) is 1. The monoisotopic (exact) mass is 232 g/mol. The molecule has 0 bridgehead atoms. The number of nitrogens with zero attached hydrogens (tertiary/aromatic N) is 1. The highest BCUT2D eigenvalue weighted by Crippen LogP contribution is 2.30. The average Bonchev–Trinajstić information content (AvgIpc) is 2.30. The van der Waals surface area contributed by atoms with E-state index in [1.54, 1.807) is 43.6 Å². The first-order valence-corrected chi connectivity index (χ1v) is 5.30. The van der Waals surface area contributed by atoms with E-state index < -0.39 is 6.04 Å². The fraction of sp³-hybridized carbons (Fsp3) is 0.154. The Kier molecular flexibility index (Phi) is 3.35. The summed E-state index contributed by atoms with van der Waals surface area (Å²) in [5, 5.41) is 0. The van der Waals surface area contributed by atoms with Crippen LogP contribution in [0.4, 0.5) is 4.39 Å². The molecule has 2 rings (SSSR count). The van der Waals surface area contributed by atoms with Crippen molar-refractivity contribution in [2.75, 3.05) is 0 Å². The molecule has 2 N–H and O–H groups in total. The Morgan fingerprint density at radius 1 is 1.29 bits per heavy atom. The topological polar surface area (TPSA) is 48.1 Å². The fourth-order valence-corrected chi connectivity index (χ4v) is 1.58. The summed E-state index contributed by atoms with van der Waals surface area (Å²) in [5.74, 6) is 0.620. The zero-order chi connectivity index (χ0) is 12.3. The third-order valence-corrected chi connectivity index (χ3v) is 2.33. The van der Waals surface area contributed by atoms with E-state index in [1.165, 1.54) is 6.07 Å². The van der Waals surface area contributed by atoms with E-state index in [9.17, 15) is 4.39 Å². The number of halogens is 1. The number of benzene rings is 1. The van der Waals surface area contributed by atoms with E-state index in [2.05, 4.69) is 4.98 Å². The molecule has 0 saturated heterocycles. The predicted octanol–water partition coefficient (Wildman–Crippen LogP) is 3.03. The third kappa shape index (κ3) is 2.60. The number of aromatic nitrogens is 1. The highest BCUT2D eigenvalue weighted by Gasteiger charge is 2.14. The highest BCUT2D eigenvalue weighted by atomic mass is 19.1. The molecule has 1 atom stereocenters. The molecule has 0 saturated carbocycles. The van der Waals surface area contributed by atoms with Crippen LogP contribution >= 0.6 is 0 Å². The summed E-state index contributed by atoms with van der Waals surface area (Å²) in [4.78, 5) is 3.93. The molecule has 0 fully saturated rings. The van der Waals surface area contributed by atoms with Gasteiger partial charge in [-0.2, -0.15) is 0 Å². The number of rotatable bonds is 3. The van der Waals surface area contributed by atoms with Gasteiger partial charge in [0.05, 0.1) is 6.20 Å². The van der Waals surface area contributed by atoms with Gasteiger partial charge in [-0.25, -0.2) is 4.39 Å². The molecular formula is C13H13FN2O. The van der Waals surface area contributed by atoms with Crippen molar-refractivity contribution in [1.82, 2.24) is 4.98 Å². The summed E-state index contributed by atoms with van der Waals surface area (Å²) in [5.41, 5.74) is 6.11. The fourth-order valence-electron chi connectivity index (χ4n) is 1.58. The first-order valence-electron chi connectivity index (χ1n) is 5.30. The SMILES string of the molecule is CC(N)c1c(F)cccc1Oc1cccnc1. The Bertz CT molecular complexity index is 500. The number of hydrogen-bond donors (Lipinski definition) is 1. The lowest BCUT2D eigenvalue weighted by molar-refractivity contribution is 0.459. The Morgan fingerprint density at radius 3 is 2.76 bits per heavy atom. The Labute approximate surface area is 99.1 Å². The molecule has 2 aromatic rings. The minimum atomic E-state index is -0.428. The van der Waals surface area contributed by atoms with Crippen molar-refractivity contribution >= 4 is 0 Å². The zero-order valence-electron chi connectivity index (χ0n) is 9.43. The third-order valence-electron chi connectivity index (χ3n) is 2.33. The molecule has 0 radical (unpaired) electrons. The molecule has 1 aromatic carbocycles. The van der Waals surface area contributed by atoms with Gasteiger partial charge < -0.3 is 10.5 Å². The van der Waals surface area contributed by atoms with Crippen molar-refractivity contribution in [1.29, 1.82) is 0 Å². The Morgan fingerprint density at radius 2 is 2.12 bits per heavy atom. The van der Waals surface area contributed by atoms with Crippen molar-refractivity contribution in [2.45, 2.75) is 13.0 Å². The Balaban J connectivity index is 2.36. The minimum Gasteiger partial charge on any atom is -0.455 e. The van der Waals surface area contributed by atoms with E-state index in [-0.39, 0.29) is 5.82 Å². The van der Waals surface area contributed by atoms with E-state index in [1.807, 2.05) is 0 Å². The first-order chi connectivity index (χ1) is 8.18. The van der Waals surface area contributed by atoms with Crippen LogP contribution in [0.5, 0.6) is 11.5 Å². The maximum atomic E-state index is 13.6. The van der Waals surface area contributed by atoms with Crippen LogP contribution in [0.25, 0.3) is 0 Å². The van der Waals surface area contributed by atoms with Crippen LogP contribution in [0.1, 0.15) is 18.5 Å². The van der Waals surface area contributed by atoms with Gasteiger partial charge in [-0.05, 0) is 31.2 Å². The zero-order valence-corrected chi connectivity index (χ0v) is 9.43. The minimum absolute atomic E-state index is 0.360. The van der Waals surface area contributed by atoms with Crippen LogP contribution in [-0.4, -0.2) is 4.98 Å². The van der Waals surface area contributed by atoms with Gasteiger partial charge in [0.25, 0.3) is 0 Å². The molecule has 0 aliphatic rings. The molecule has 1 unspecified atom stereocenters. The molecule has 0 spiro atoms. The summed E-state index contributed by atoms with van der Waals surface area (Å²) in [6.07, 6.45) is 3.21. The van der Waals surface area contributed by atoms with Gasteiger partial charge in [-0.1, -0.05) is 6.07 Å². The second-order valence-electron chi connectivity index (χ2n) is 3.73. The number of pyridine rings is 1. The quantitative estimate of drug-likeness (QED) is 0.884. The molecule has 17 heavy (non-hydrogen) atoms. The van der Waals surface area contributed by atoms with Crippen molar-refractivity contribution in [3.63, 3.8) is 0 Å². The summed E-state index contributed by atoms with van der Waals surface area (Å²) in [6, 6.07) is 7.72. The lowest BCUT2D eigenvalue weighted by Gasteiger charge is -2.14. The van der Waals surface area contributed by atoms with Crippen LogP contribution < -0.4 is 10.5 Å². The van der Waals surface area contributed by atoms with E-state index in [0.29, 0.717) is 17.1 Å². The van der Waals surface area contributed by atoms with Crippen LogP contribution in [0, 0.1) is 5.82 Å². The van der Waals surface area contributed by atoms with E-state index in [0.717, 1.165) is 0 Å². The van der Waals surface area contributed by atoms with Crippen molar-refractivity contribution in [2.24, 2.45) is 5.73 Å². The van der Waals surface area contributed by atoms with Gasteiger partial charge in [-0.15, -0.1) is 0 Å². The predicted molar refractivity (Wildman–Crippen MR) is 63.3 cm³/mol. The largest absolute Gasteiger partial charge is 0.455 e. The molecule has 1 heterocycles. The molecule has 0 aliphatic heterocycles. The molecule has 1 aromatic heterocycles. The average molecular weight is 232 g/mol. The second kappa shape index (κ2) is 4.93. The van der Waals surface area contributed by atoms with Crippen molar-refractivity contribution < 1.29 is 9.13 Å². The first kappa shape index (κ1) is 11.5. The van der Waals surface area contributed by atoms with Crippen LogP contribution in [0.3, 0.4) is 0 Å². The van der Waals surface area contributed by atoms with Crippen molar-refractivity contribution in [3.8, 4) is 11.5 Å². The van der Waals surface area contributed by atoms with Gasteiger partial charge in [0.2, 0.25) is 0 Å². The molecule has 3 nitrogen and oxygen atoms in total. The summed E-state index contributed by atoms with van der Waals surface area (Å²) in [6.45, 7) is 1.72. The number of ether oxygens (including phenoxy) is 1. The van der Waals surface area contributed by atoms with E-state index >= 15 is 0 Å². The summed E-state index contributed by atoms with van der Waals surface area (Å²) < 4.78 is 19.2. The van der Waals surface area contributed by atoms with Gasteiger partial charge in [-0.3, -0.25) is 4.98 Å². The molecular weight excluding hydrogens is 219 g/mol. The van der Waals surface area contributed by atoms with Gasteiger partial charge >= 0.3 is 0 Å². The second-order valence-corrected chi connectivity index (χ2v) is 3.73. The summed E-state index contributed by atoms with van der Waals surface area (Å²) in [7, 11) is 0. The maximum absolute atomic E-state index is 13.6. The molecule has 88 valence electrons. The lowest BCUT2D eigenvalue weighted by atomic mass is 10.1. The van der Waals surface area contributed by atoms with Gasteiger partial charge in [0.15, 0.2) is 0 Å². The van der Waals surface area contributed by atoms with Gasteiger partial charge in [0, 0.05) is 17.8 Å². The van der Waals surface area contributed by atoms with Crippen LogP contribution in [0.15, 0.2) is 42.7 Å². The maximum Gasteiger partial charge on any atom is 0.145 e.